The molecule has 2 saturated heterocycles. The molecule has 1 atom stereocenters. The molecule has 0 spiro atoms. The smallest absolute Gasteiger partial charge is 0.255 e. The Balaban J connectivity index is 1.20. The molecule has 3 aliphatic heterocycles. The third-order valence-electron chi connectivity index (χ3n) is 8.75. The molecular weight excluding hydrogens is 574 g/mol. The van der Waals surface area contributed by atoms with Gasteiger partial charge in [0, 0.05) is 56.1 Å². The van der Waals surface area contributed by atoms with E-state index >= 15 is 0 Å². The van der Waals surface area contributed by atoms with Crippen LogP contribution in [-0.4, -0.2) is 94.5 Å². The first-order valence-corrected chi connectivity index (χ1v) is 15.1. The van der Waals surface area contributed by atoms with Crippen molar-refractivity contribution in [1.29, 1.82) is 0 Å². The Morgan fingerprint density at radius 3 is 2.71 bits per heavy atom. The van der Waals surface area contributed by atoms with E-state index in [9.17, 15) is 9.59 Å². The highest BCUT2D eigenvalue weighted by Crippen LogP contribution is 2.48. The number of likely N-dealkylation sites (tertiary alicyclic amines) is 1. The second kappa shape index (κ2) is 11.7. The van der Waals surface area contributed by atoms with Gasteiger partial charge in [0.15, 0.2) is 17.1 Å². The largest absolute Gasteiger partial charge is 0.453 e. The predicted molar refractivity (Wildman–Crippen MR) is 170 cm³/mol. The van der Waals surface area contributed by atoms with E-state index < -0.39 is 0 Å². The number of nitrogens with zero attached hydrogens (tertiary/aromatic N) is 7. The Kier molecular flexibility index (Phi) is 7.45. The Hall–Kier alpha value is -5.17. The van der Waals surface area contributed by atoms with E-state index in [4.69, 9.17) is 20.3 Å². The van der Waals surface area contributed by atoms with Gasteiger partial charge in [0.25, 0.3) is 5.91 Å². The number of anilines is 3. The molecule has 2 fully saturated rings. The van der Waals surface area contributed by atoms with Crippen molar-refractivity contribution in [1.82, 2.24) is 29.5 Å². The minimum Gasteiger partial charge on any atom is -0.453 e. The number of amides is 2. The molecule has 2 amide bonds. The number of likely N-dealkylation sites (N-methyl/N-ethyl adjacent to an activating group) is 1. The average Bonchev–Trinajstić information content (AvgIpc) is 3.72. The summed E-state index contributed by atoms with van der Waals surface area (Å²) in [4.78, 5) is 40.9. The van der Waals surface area contributed by atoms with Crippen LogP contribution in [0.3, 0.4) is 0 Å². The first-order chi connectivity index (χ1) is 21.9. The lowest BCUT2D eigenvalue weighted by Crippen LogP contribution is -2.44. The van der Waals surface area contributed by atoms with Crippen LogP contribution in [0.25, 0.3) is 22.3 Å². The number of hydrogen-bond acceptors (Lipinski definition) is 10. The van der Waals surface area contributed by atoms with Crippen molar-refractivity contribution in [2.45, 2.75) is 18.9 Å². The number of rotatable bonds is 6. The fraction of sp³-hybridized carbons (Fsp3) is 0.344. The number of piperidine rings is 1. The van der Waals surface area contributed by atoms with Gasteiger partial charge in [0.1, 0.15) is 17.8 Å². The maximum absolute atomic E-state index is 13.4. The zero-order valence-electron chi connectivity index (χ0n) is 25.1. The van der Waals surface area contributed by atoms with Crippen molar-refractivity contribution in [2.75, 3.05) is 69.1 Å². The van der Waals surface area contributed by atoms with Crippen molar-refractivity contribution < 1.29 is 19.1 Å². The van der Waals surface area contributed by atoms with Crippen LogP contribution in [0, 0.1) is 0 Å². The summed E-state index contributed by atoms with van der Waals surface area (Å²) >= 11 is 0. The number of carbonyl (C=O) groups excluding carboxylic acids is 2. The molecule has 7 rings (SSSR count). The van der Waals surface area contributed by atoms with E-state index in [1.807, 2.05) is 28.9 Å². The summed E-state index contributed by atoms with van der Waals surface area (Å²) < 4.78 is 13.7. The number of fused-ring (bicyclic) bond motifs is 2. The molecule has 0 aliphatic carbocycles. The third kappa shape index (κ3) is 5.29. The Morgan fingerprint density at radius 2 is 1.89 bits per heavy atom. The van der Waals surface area contributed by atoms with Gasteiger partial charge in [-0.25, -0.2) is 14.6 Å². The number of carbonyl (C=O) groups is 2. The number of hydrogen-bond donors (Lipinski definition) is 2. The SMILES string of the molecule is C=CC(=O)N1CCC[C@@H](n2nc(-c3ccc(NC(=O)c4cccc(N5CCN(C)CC5)c4)c4c3OCO4)c3c(N)ncnc32)C1. The van der Waals surface area contributed by atoms with Crippen LogP contribution < -0.4 is 25.4 Å². The molecule has 13 heteroatoms. The quantitative estimate of drug-likeness (QED) is 0.313. The topological polar surface area (TPSA) is 144 Å². The van der Waals surface area contributed by atoms with Crippen LogP contribution in [0.4, 0.5) is 17.2 Å². The average molecular weight is 610 g/mol. The summed E-state index contributed by atoms with van der Waals surface area (Å²) in [6.45, 7) is 8.54. The van der Waals surface area contributed by atoms with Gasteiger partial charge >= 0.3 is 0 Å². The maximum Gasteiger partial charge on any atom is 0.255 e. The van der Waals surface area contributed by atoms with Crippen LogP contribution in [0.15, 0.2) is 55.4 Å². The van der Waals surface area contributed by atoms with Crippen LogP contribution in [0.1, 0.15) is 29.2 Å². The molecule has 5 heterocycles. The number of benzene rings is 2. The molecule has 13 nitrogen and oxygen atoms in total. The van der Waals surface area contributed by atoms with E-state index in [2.05, 4.69) is 38.7 Å². The lowest BCUT2D eigenvalue weighted by molar-refractivity contribution is -0.127. The number of piperazine rings is 1. The van der Waals surface area contributed by atoms with Crippen LogP contribution in [0.2, 0.25) is 0 Å². The van der Waals surface area contributed by atoms with Gasteiger partial charge in [-0.05, 0) is 56.3 Å². The molecule has 0 bridgehead atoms. The zero-order valence-corrected chi connectivity index (χ0v) is 25.1. The van der Waals surface area contributed by atoms with Gasteiger partial charge < -0.3 is 35.2 Å². The highest BCUT2D eigenvalue weighted by atomic mass is 16.7. The first-order valence-electron chi connectivity index (χ1n) is 15.1. The van der Waals surface area contributed by atoms with E-state index in [-0.39, 0.29) is 30.5 Å². The summed E-state index contributed by atoms with van der Waals surface area (Å²) in [7, 11) is 2.12. The Labute approximate surface area is 260 Å². The second-order valence-corrected chi connectivity index (χ2v) is 11.6. The molecule has 232 valence electrons. The van der Waals surface area contributed by atoms with Crippen LogP contribution >= 0.6 is 0 Å². The summed E-state index contributed by atoms with van der Waals surface area (Å²) in [5.41, 5.74) is 10.2. The molecule has 3 N–H and O–H groups in total. The molecule has 0 unspecified atom stereocenters. The Bertz CT molecular complexity index is 1800. The molecule has 2 aromatic heterocycles. The van der Waals surface area contributed by atoms with Gasteiger partial charge in [0.05, 0.1) is 17.1 Å². The highest BCUT2D eigenvalue weighted by Gasteiger charge is 2.31. The molecule has 45 heavy (non-hydrogen) atoms. The van der Waals surface area contributed by atoms with Gasteiger partial charge in [-0.2, -0.15) is 5.10 Å². The number of aromatic nitrogens is 4. The van der Waals surface area contributed by atoms with E-state index in [1.54, 1.807) is 17.0 Å². The number of nitrogens with two attached hydrogens (primary N) is 1. The van der Waals surface area contributed by atoms with E-state index in [1.165, 1.54) is 12.4 Å². The fourth-order valence-corrected chi connectivity index (χ4v) is 6.31. The predicted octanol–water partition coefficient (Wildman–Crippen LogP) is 3.16. The highest BCUT2D eigenvalue weighted by molar-refractivity contribution is 6.07. The van der Waals surface area contributed by atoms with Crippen molar-refractivity contribution in [3.05, 3.63) is 60.9 Å². The summed E-state index contributed by atoms with van der Waals surface area (Å²) in [5.74, 6) is 0.772. The summed E-state index contributed by atoms with van der Waals surface area (Å²) in [6.07, 6.45) is 4.39. The first kappa shape index (κ1) is 28.6. The lowest BCUT2D eigenvalue weighted by Gasteiger charge is -2.34. The lowest BCUT2D eigenvalue weighted by atomic mass is 10.1. The minimum absolute atomic E-state index is 0.0139. The second-order valence-electron chi connectivity index (χ2n) is 11.6. The monoisotopic (exact) mass is 609 g/mol. The van der Waals surface area contributed by atoms with Gasteiger partial charge in [0.2, 0.25) is 12.7 Å². The molecule has 0 saturated carbocycles. The molecule has 0 radical (unpaired) electrons. The normalized spacial score (nSPS) is 18.3. The number of nitrogen functional groups attached to an aromatic ring is 1. The third-order valence-corrected chi connectivity index (χ3v) is 8.75. The molecular formula is C32H35N9O4. The summed E-state index contributed by atoms with van der Waals surface area (Å²) in [6, 6.07) is 11.2. The van der Waals surface area contributed by atoms with Crippen LogP contribution in [-0.2, 0) is 4.79 Å². The molecule has 4 aromatic rings. The molecule has 3 aliphatic rings. The van der Waals surface area contributed by atoms with E-state index in [0.717, 1.165) is 44.7 Å². The zero-order chi connectivity index (χ0) is 31.1. The van der Waals surface area contributed by atoms with Gasteiger partial charge in [-0.15, -0.1) is 0 Å². The summed E-state index contributed by atoms with van der Waals surface area (Å²) in [5, 5.41) is 8.57. The van der Waals surface area contributed by atoms with Crippen molar-refractivity contribution in [2.24, 2.45) is 0 Å². The van der Waals surface area contributed by atoms with Crippen LogP contribution in [0.5, 0.6) is 11.5 Å². The van der Waals surface area contributed by atoms with E-state index in [0.29, 0.717) is 58.1 Å². The Morgan fingerprint density at radius 1 is 1.07 bits per heavy atom. The molecule has 2 aromatic carbocycles. The number of ether oxygens (including phenoxy) is 2. The fourth-order valence-electron chi connectivity index (χ4n) is 6.31. The van der Waals surface area contributed by atoms with Crippen molar-refractivity contribution >= 4 is 40.0 Å². The standard InChI is InChI=1S/C32H35N9O4/c1-3-25(42)40-11-5-8-22(17-40)41-31-26(30(33)34-18-35-31)27(37-41)23-9-10-24(29-28(23)44-19-45-29)36-32(43)20-6-4-7-21(16-20)39-14-12-38(2)13-15-39/h3-4,6-7,9-10,16,18,22H,1,5,8,11-15,17,19H2,2H3,(H,36,43)(H2,33,34,35)/t22-/m1/s1. The van der Waals surface area contributed by atoms with Gasteiger partial charge in [-0.3, -0.25) is 9.59 Å². The maximum atomic E-state index is 13.4. The number of nitrogens with one attached hydrogen (secondary N) is 1. The van der Waals surface area contributed by atoms with Gasteiger partial charge in [-0.1, -0.05) is 12.6 Å². The van der Waals surface area contributed by atoms with Crippen molar-refractivity contribution in [3.63, 3.8) is 0 Å². The minimum atomic E-state index is -0.250. The van der Waals surface area contributed by atoms with Crippen molar-refractivity contribution in [3.8, 4) is 22.8 Å².